The van der Waals surface area contributed by atoms with Gasteiger partial charge >= 0.3 is 6.36 Å². The minimum Gasteiger partial charge on any atom is -0.406 e. The molecule has 0 bridgehead atoms. The second-order valence-corrected chi connectivity index (χ2v) is 5.08. The Bertz CT molecular complexity index is 432. The van der Waals surface area contributed by atoms with E-state index in [0.29, 0.717) is 12.5 Å². The molecule has 0 unspecified atom stereocenters. The SMILES string of the molecule is CC.CC.CC1CN(Cc2cc(Cl)cc(OC(F)(F)F)c2)C1. The third-order valence-electron chi connectivity index (χ3n) is 2.71. The number of nitrogens with zero attached hydrogens (tertiary/aromatic N) is 1. The summed E-state index contributed by atoms with van der Waals surface area (Å²) in [5, 5.41) is 0.250. The first-order valence-electron chi connectivity index (χ1n) is 7.59. The summed E-state index contributed by atoms with van der Waals surface area (Å²) in [5.74, 6) is 0.383. The van der Waals surface area contributed by atoms with Gasteiger partial charge in [-0.3, -0.25) is 4.90 Å². The number of likely N-dealkylation sites (tertiary alicyclic amines) is 1. The average molecular weight is 340 g/mol. The third-order valence-corrected chi connectivity index (χ3v) is 2.93. The molecule has 1 aliphatic rings. The van der Waals surface area contributed by atoms with Gasteiger partial charge in [-0.05, 0) is 29.7 Å². The summed E-state index contributed by atoms with van der Waals surface area (Å²) in [6.07, 6.45) is -4.69. The van der Waals surface area contributed by atoms with Gasteiger partial charge in [0.25, 0.3) is 0 Å². The highest BCUT2D eigenvalue weighted by molar-refractivity contribution is 6.30. The Balaban J connectivity index is 0.00000102. The molecule has 0 radical (unpaired) electrons. The van der Waals surface area contributed by atoms with Crippen LogP contribution >= 0.6 is 11.6 Å². The van der Waals surface area contributed by atoms with Crippen molar-refractivity contribution in [3.63, 3.8) is 0 Å². The normalized spacial score (nSPS) is 15.0. The molecule has 0 saturated carbocycles. The van der Waals surface area contributed by atoms with Crippen molar-refractivity contribution in [1.29, 1.82) is 0 Å². The molecular formula is C16H25ClF3NO. The van der Waals surface area contributed by atoms with Crippen molar-refractivity contribution in [2.24, 2.45) is 5.92 Å². The minimum absolute atomic E-state index is 0.250. The van der Waals surface area contributed by atoms with Crippen molar-refractivity contribution in [3.8, 4) is 5.75 Å². The number of hydrogen-bond donors (Lipinski definition) is 0. The predicted octanol–water partition coefficient (Wildman–Crippen LogP) is 5.74. The lowest BCUT2D eigenvalue weighted by Gasteiger charge is -2.37. The van der Waals surface area contributed by atoms with Crippen molar-refractivity contribution < 1.29 is 17.9 Å². The lowest BCUT2D eigenvalue weighted by atomic mass is 10.0. The molecule has 0 aliphatic carbocycles. The van der Waals surface area contributed by atoms with Gasteiger partial charge in [-0.2, -0.15) is 0 Å². The van der Waals surface area contributed by atoms with Gasteiger partial charge in [0.1, 0.15) is 5.75 Å². The number of alkyl halides is 3. The lowest BCUT2D eigenvalue weighted by Crippen LogP contribution is -2.44. The summed E-state index contributed by atoms with van der Waals surface area (Å²) >= 11 is 5.79. The number of ether oxygens (including phenoxy) is 1. The van der Waals surface area contributed by atoms with Crippen LogP contribution in [0.1, 0.15) is 40.2 Å². The van der Waals surface area contributed by atoms with Crippen LogP contribution < -0.4 is 4.74 Å². The molecule has 22 heavy (non-hydrogen) atoms. The summed E-state index contributed by atoms with van der Waals surface area (Å²) in [5.41, 5.74) is 0.730. The molecule has 128 valence electrons. The fourth-order valence-electron chi connectivity index (χ4n) is 2.12. The summed E-state index contributed by atoms with van der Waals surface area (Å²) in [6, 6.07) is 4.20. The van der Waals surface area contributed by atoms with Gasteiger partial charge < -0.3 is 4.74 Å². The fraction of sp³-hybridized carbons (Fsp3) is 0.625. The maximum absolute atomic E-state index is 12.1. The van der Waals surface area contributed by atoms with Gasteiger partial charge in [-0.1, -0.05) is 46.2 Å². The van der Waals surface area contributed by atoms with E-state index in [9.17, 15) is 13.2 Å². The van der Waals surface area contributed by atoms with E-state index in [4.69, 9.17) is 11.6 Å². The van der Waals surface area contributed by atoms with Crippen LogP contribution in [0.5, 0.6) is 5.75 Å². The summed E-state index contributed by atoms with van der Waals surface area (Å²) in [4.78, 5) is 2.15. The highest BCUT2D eigenvalue weighted by Crippen LogP contribution is 2.28. The van der Waals surface area contributed by atoms with Gasteiger partial charge in [0.2, 0.25) is 0 Å². The van der Waals surface area contributed by atoms with E-state index < -0.39 is 6.36 Å². The fourth-order valence-corrected chi connectivity index (χ4v) is 2.37. The van der Waals surface area contributed by atoms with Gasteiger partial charge in [-0.25, -0.2) is 0 Å². The Morgan fingerprint density at radius 3 is 2.14 bits per heavy atom. The molecule has 1 aromatic rings. The Morgan fingerprint density at radius 2 is 1.68 bits per heavy atom. The van der Waals surface area contributed by atoms with Crippen LogP contribution in [0, 0.1) is 5.92 Å². The minimum atomic E-state index is -4.69. The zero-order chi connectivity index (χ0) is 17.3. The molecule has 6 heteroatoms. The highest BCUT2D eigenvalue weighted by Gasteiger charge is 2.31. The van der Waals surface area contributed by atoms with E-state index in [2.05, 4.69) is 16.6 Å². The number of hydrogen-bond acceptors (Lipinski definition) is 2. The highest BCUT2D eigenvalue weighted by atomic mass is 35.5. The van der Waals surface area contributed by atoms with E-state index in [1.54, 1.807) is 6.07 Å². The first-order chi connectivity index (χ1) is 10.3. The van der Waals surface area contributed by atoms with Crippen molar-refractivity contribution >= 4 is 11.6 Å². The van der Waals surface area contributed by atoms with E-state index in [0.717, 1.165) is 24.7 Å². The molecule has 0 amide bonds. The summed E-state index contributed by atoms with van der Waals surface area (Å²) in [7, 11) is 0. The molecule has 0 atom stereocenters. The summed E-state index contributed by atoms with van der Waals surface area (Å²) in [6.45, 7) is 12.6. The topological polar surface area (TPSA) is 12.5 Å². The number of rotatable bonds is 3. The molecule has 1 aromatic carbocycles. The molecule has 1 saturated heterocycles. The van der Waals surface area contributed by atoms with Crippen LogP contribution in [0.3, 0.4) is 0 Å². The van der Waals surface area contributed by atoms with E-state index in [1.807, 2.05) is 27.7 Å². The van der Waals surface area contributed by atoms with E-state index in [-0.39, 0.29) is 10.8 Å². The van der Waals surface area contributed by atoms with Gasteiger partial charge in [0.05, 0.1) is 0 Å². The first-order valence-corrected chi connectivity index (χ1v) is 7.97. The monoisotopic (exact) mass is 339 g/mol. The Hall–Kier alpha value is -0.940. The average Bonchev–Trinajstić information content (AvgIpc) is 2.39. The van der Waals surface area contributed by atoms with Gasteiger partial charge in [0, 0.05) is 24.7 Å². The second kappa shape index (κ2) is 9.95. The van der Waals surface area contributed by atoms with E-state index >= 15 is 0 Å². The largest absolute Gasteiger partial charge is 0.573 e. The van der Waals surface area contributed by atoms with E-state index in [1.165, 1.54) is 6.07 Å². The second-order valence-electron chi connectivity index (χ2n) is 4.64. The van der Waals surface area contributed by atoms with Crippen LogP contribution in [0.15, 0.2) is 18.2 Å². The number of benzene rings is 1. The van der Waals surface area contributed by atoms with Crippen molar-refractivity contribution in [2.75, 3.05) is 13.1 Å². The third kappa shape index (κ3) is 7.90. The number of halogens is 4. The molecule has 0 spiro atoms. The van der Waals surface area contributed by atoms with Crippen molar-refractivity contribution in [2.45, 2.75) is 47.5 Å². The Morgan fingerprint density at radius 1 is 1.14 bits per heavy atom. The van der Waals surface area contributed by atoms with Crippen molar-refractivity contribution in [3.05, 3.63) is 28.8 Å². The molecular weight excluding hydrogens is 315 g/mol. The smallest absolute Gasteiger partial charge is 0.406 e. The molecule has 0 aromatic heterocycles. The van der Waals surface area contributed by atoms with Crippen molar-refractivity contribution in [1.82, 2.24) is 4.90 Å². The van der Waals surface area contributed by atoms with Crippen LogP contribution in [-0.4, -0.2) is 24.4 Å². The molecule has 1 aliphatic heterocycles. The molecule has 1 fully saturated rings. The first kappa shape index (κ1) is 21.1. The molecule has 2 rings (SSSR count). The maximum atomic E-state index is 12.1. The summed E-state index contributed by atoms with van der Waals surface area (Å²) < 4.78 is 40.2. The Labute approximate surface area is 136 Å². The van der Waals surface area contributed by atoms with Crippen LogP contribution in [0.4, 0.5) is 13.2 Å². The quantitative estimate of drug-likeness (QED) is 0.696. The zero-order valence-electron chi connectivity index (χ0n) is 13.8. The Kier molecular flexibility index (Phi) is 9.53. The van der Waals surface area contributed by atoms with Gasteiger partial charge in [-0.15, -0.1) is 13.2 Å². The van der Waals surface area contributed by atoms with Gasteiger partial charge in [0.15, 0.2) is 0 Å². The molecule has 1 heterocycles. The van der Waals surface area contributed by atoms with Crippen LogP contribution in [0.25, 0.3) is 0 Å². The predicted molar refractivity (Wildman–Crippen MR) is 85.3 cm³/mol. The van der Waals surface area contributed by atoms with Crippen LogP contribution in [0.2, 0.25) is 5.02 Å². The standard InChI is InChI=1S/C12H13ClF3NO.2C2H6/c1-8-5-17(6-8)7-9-2-10(13)4-11(3-9)18-12(14,15)16;2*1-2/h2-4,8H,5-7H2,1H3;2*1-2H3. The maximum Gasteiger partial charge on any atom is 0.573 e. The zero-order valence-corrected chi connectivity index (χ0v) is 14.6. The van der Waals surface area contributed by atoms with Crippen LogP contribution in [-0.2, 0) is 6.54 Å². The molecule has 2 nitrogen and oxygen atoms in total. The lowest BCUT2D eigenvalue weighted by molar-refractivity contribution is -0.274. The molecule has 0 N–H and O–H groups in total.